The smallest absolute Gasteiger partial charge is 0.325 e. The highest BCUT2D eigenvalue weighted by molar-refractivity contribution is 7.99. The van der Waals surface area contributed by atoms with Gasteiger partial charge in [-0.2, -0.15) is 11.8 Å². The van der Waals surface area contributed by atoms with Crippen LogP contribution in [0.5, 0.6) is 0 Å². The number of methoxy groups -OCH3 is 1. The van der Waals surface area contributed by atoms with Crippen LogP contribution in [0.25, 0.3) is 0 Å². The molecular formula is C12H25NO2S. The van der Waals surface area contributed by atoms with Crippen LogP contribution in [0, 0.1) is 0 Å². The molecule has 0 fully saturated rings. The minimum Gasteiger partial charge on any atom is -0.468 e. The number of nitrogens with one attached hydrogen (secondary N) is 1. The lowest BCUT2D eigenvalue weighted by molar-refractivity contribution is -0.147. The maximum atomic E-state index is 11.7. The third-order valence-corrected chi connectivity index (χ3v) is 4.12. The van der Waals surface area contributed by atoms with Gasteiger partial charge in [0.25, 0.3) is 0 Å². The number of thioether (sulfide) groups is 1. The van der Waals surface area contributed by atoms with Gasteiger partial charge in [-0.15, -0.1) is 0 Å². The first kappa shape index (κ1) is 15.8. The minimum absolute atomic E-state index is 0.167. The highest BCUT2D eigenvalue weighted by atomic mass is 32.2. The second kappa shape index (κ2) is 7.96. The van der Waals surface area contributed by atoms with Crippen molar-refractivity contribution in [1.82, 2.24) is 5.32 Å². The molecule has 0 radical (unpaired) electrons. The number of esters is 1. The number of hydrogen-bond acceptors (Lipinski definition) is 4. The first-order valence-corrected chi connectivity index (χ1v) is 7.00. The second-order valence-electron chi connectivity index (χ2n) is 4.19. The van der Waals surface area contributed by atoms with Crippen LogP contribution in [0.4, 0.5) is 0 Å². The molecule has 0 aromatic rings. The summed E-state index contributed by atoms with van der Waals surface area (Å²) < 4.78 is 4.84. The van der Waals surface area contributed by atoms with Gasteiger partial charge in [0.2, 0.25) is 0 Å². The van der Waals surface area contributed by atoms with Crippen LogP contribution in [0.1, 0.15) is 40.5 Å². The molecule has 0 saturated heterocycles. The summed E-state index contributed by atoms with van der Waals surface area (Å²) in [5.41, 5.74) is -0.538. The van der Waals surface area contributed by atoms with Gasteiger partial charge in [0.05, 0.1) is 7.11 Å². The highest BCUT2D eigenvalue weighted by Gasteiger charge is 2.32. The van der Waals surface area contributed by atoms with Crippen molar-refractivity contribution in [3.05, 3.63) is 0 Å². The van der Waals surface area contributed by atoms with E-state index in [1.807, 2.05) is 25.6 Å². The number of rotatable bonds is 8. The number of carbonyl (C=O) groups is 1. The molecule has 0 spiro atoms. The normalized spacial score (nSPS) is 16.6. The molecule has 96 valence electrons. The third-order valence-electron chi connectivity index (χ3n) is 2.78. The molecular weight excluding hydrogens is 222 g/mol. The van der Waals surface area contributed by atoms with Gasteiger partial charge < -0.3 is 10.1 Å². The molecule has 0 bridgehead atoms. The Hall–Kier alpha value is -0.220. The summed E-state index contributed by atoms with van der Waals surface area (Å²) >= 11 is 1.91. The SMILES string of the molecule is CCNC(C)(CCSC(C)CC)C(=O)OC. The first-order chi connectivity index (χ1) is 7.50. The molecule has 2 unspecified atom stereocenters. The minimum atomic E-state index is -0.538. The Morgan fingerprint density at radius 1 is 1.50 bits per heavy atom. The molecule has 0 saturated carbocycles. The van der Waals surface area contributed by atoms with Crippen LogP contribution in [-0.4, -0.2) is 36.2 Å². The number of hydrogen-bond donors (Lipinski definition) is 1. The molecule has 4 heteroatoms. The molecule has 3 nitrogen and oxygen atoms in total. The zero-order chi connectivity index (χ0) is 12.6. The van der Waals surface area contributed by atoms with Crippen LogP contribution in [0.3, 0.4) is 0 Å². The van der Waals surface area contributed by atoms with E-state index >= 15 is 0 Å². The van der Waals surface area contributed by atoms with Crippen molar-refractivity contribution in [2.45, 2.75) is 51.3 Å². The predicted molar refractivity (Wildman–Crippen MR) is 70.9 cm³/mol. The first-order valence-electron chi connectivity index (χ1n) is 5.95. The Kier molecular flexibility index (Phi) is 7.85. The van der Waals surface area contributed by atoms with E-state index < -0.39 is 5.54 Å². The van der Waals surface area contributed by atoms with Gasteiger partial charge in [-0.3, -0.25) is 4.79 Å². The Morgan fingerprint density at radius 2 is 2.12 bits per heavy atom. The van der Waals surface area contributed by atoms with Gasteiger partial charge in [-0.1, -0.05) is 20.8 Å². The molecule has 0 aromatic carbocycles. The van der Waals surface area contributed by atoms with Gasteiger partial charge >= 0.3 is 5.97 Å². The zero-order valence-electron chi connectivity index (χ0n) is 11.1. The summed E-state index contributed by atoms with van der Waals surface area (Å²) in [4.78, 5) is 11.7. The van der Waals surface area contributed by atoms with Gasteiger partial charge in [0.15, 0.2) is 0 Å². The van der Waals surface area contributed by atoms with Crippen molar-refractivity contribution in [2.75, 3.05) is 19.4 Å². The third kappa shape index (κ3) is 5.21. The van der Waals surface area contributed by atoms with Crippen LogP contribution in [0.2, 0.25) is 0 Å². The van der Waals surface area contributed by atoms with E-state index in [9.17, 15) is 4.79 Å². The summed E-state index contributed by atoms with van der Waals surface area (Å²) in [6.45, 7) is 9.09. The van der Waals surface area contributed by atoms with Crippen LogP contribution in [0.15, 0.2) is 0 Å². The molecule has 2 atom stereocenters. The van der Waals surface area contributed by atoms with Gasteiger partial charge in [-0.25, -0.2) is 0 Å². The fourth-order valence-electron chi connectivity index (χ4n) is 1.46. The molecule has 0 aromatic heterocycles. The van der Waals surface area contributed by atoms with E-state index in [-0.39, 0.29) is 5.97 Å². The average Bonchev–Trinajstić information content (AvgIpc) is 2.27. The van der Waals surface area contributed by atoms with Crippen LogP contribution in [-0.2, 0) is 9.53 Å². The Morgan fingerprint density at radius 3 is 2.56 bits per heavy atom. The van der Waals surface area contributed by atoms with Crippen LogP contribution < -0.4 is 5.32 Å². The van der Waals surface area contributed by atoms with Gasteiger partial charge in [0.1, 0.15) is 5.54 Å². The molecule has 0 amide bonds. The summed E-state index contributed by atoms with van der Waals surface area (Å²) in [6, 6.07) is 0. The maximum absolute atomic E-state index is 11.7. The van der Waals surface area contributed by atoms with Crippen molar-refractivity contribution in [3.8, 4) is 0 Å². The van der Waals surface area contributed by atoms with Crippen molar-refractivity contribution in [1.29, 1.82) is 0 Å². The molecule has 0 aliphatic carbocycles. The van der Waals surface area contributed by atoms with E-state index in [4.69, 9.17) is 4.74 Å². The van der Waals surface area contributed by atoms with E-state index in [0.717, 1.165) is 18.7 Å². The lowest BCUT2D eigenvalue weighted by Gasteiger charge is -2.27. The maximum Gasteiger partial charge on any atom is 0.325 e. The molecule has 1 N–H and O–H groups in total. The van der Waals surface area contributed by atoms with E-state index in [1.165, 1.54) is 13.5 Å². The second-order valence-corrected chi connectivity index (χ2v) is 5.74. The Labute approximate surface area is 104 Å². The molecule has 0 aliphatic heterocycles. The Bertz CT molecular complexity index is 211. The lowest BCUT2D eigenvalue weighted by atomic mass is 9.99. The van der Waals surface area contributed by atoms with E-state index in [2.05, 4.69) is 19.2 Å². The average molecular weight is 247 g/mol. The number of likely N-dealkylation sites (N-methyl/N-ethyl adjacent to an activating group) is 1. The topological polar surface area (TPSA) is 38.3 Å². The van der Waals surface area contributed by atoms with E-state index in [0.29, 0.717) is 5.25 Å². The van der Waals surface area contributed by atoms with Crippen molar-refractivity contribution in [2.24, 2.45) is 0 Å². The number of carbonyl (C=O) groups excluding carboxylic acids is 1. The van der Waals surface area contributed by atoms with Gasteiger partial charge in [0, 0.05) is 5.25 Å². The zero-order valence-corrected chi connectivity index (χ0v) is 11.9. The quantitative estimate of drug-likeness (QED) is 0.669. The van der Waals surface area contributed by atoms with Crippen molar-refractivity contribution >= 4 is 17.7 Å². The summed E-state index contributed by atoms with van der Waals surface area (Å²) in [6.07, 6.45) is 1.98. The van der Waals surface area contributed by atoms with E-state index in [1.54, 1.807) is 0 Å². The molecule has 0 heterocycles. The van der Waals surface area contributed by atoms with Gasteiger partial charge in [-0.05, 0) is 32.1 Å². The summed E-state index contributed by atoms with van der Waals surface area (Å²) in [7, 11) is 1.44. The molecule has 0 rings (SSSR count). The monoisotopic (exact) mass is 247 g/mol. The fourth-order valence-corrected chi connectivity index (χ4v) is 2.62. The summed E-state index contributed by atoms with van der Waals surface area (Å²) in [5, 5.41) is 3.87. The largest absolute Gasteiger partial charge is 0.468 e. The molecule has 0 aliphatic rings. The lowest BCUT2D eigenvalue weighted by Crippen LogP contribution is -2.50. The standard InChI is InChI=1S/C12H25NO2S/c1-6-10(3)16-9-8-12(4,13-7-2)11(14)15-5/h10,13H,6-9H2,1-5H3. The van der Waals surface area contributed by atoms with Crippen LogP contribution >= 0.6 is 11.8 Å². The van der Waals surface area contributed by atoms with Crippen molar-refractivity contribution < 1.29 is 9.53 Å². The number of ether oxygens (including phenoxy) is 1. The van der Waals surface area contributed by atoms with Crippen molar-refractivity contribution in [3.63, 3.8) is 0 Å². The fraction of sp³-hybridized carbons (Fsp3) is 0.917. The summed E-state index contributed by atoms with van der Waals surface area (Å²) in [5.74, 6) is 0.812. The Balaban J connectivity index is 4.17. The predicted octanol–water partition coefficient (Wildman–Crippen LogP) is 2.45. The highest BCUT2D eigenvalue weighted by Crippen LogP contribution is 2.20. The molecule has 16 heavy (non-hydrogen) atoms.